The summed E-state index contributed by atoms with van der Waals surface area (Å²) in [6.07, 6.45) is 1.82. The second-order valence-corrected chi connectivity index (χ2v) is 4.78. The highest BCUT2D eigenvalue weighted by atomic mass is 32.2. The van der Waals surface area contributed by atoms with E-state index >= 15 is 0 Å². The first-order chi connectivity index (χ1) is 8.83. The molecule has 0 aliphatic rings. The second-order valence-electron chi connectivity index (χ2n) is 3.66. The van der Waals surface area contributed by atoms with Crippen molar-refractivity contribution >= 4 is 17.6 Å². The van der Waals surface area contributed by atoms with Crippen LogP contribution in [0.5, 0.6) is 5.75 Å². The van der Waals surface area contributed by atoms with Gasteiger partial charge >= 0.3 is 0 Å². The number of rotatable bonds is 5. The largest absolute Gasteiger partial charge is 0.496 e. The smallest absolute Gasteiger partial charge is 0.132 e. The molecular weight excluding hydrogens is 244 g/mol. The van der Waals surface area contributed by atoms with Crippen LogP contribution in [-0.4, -0.2) is 18.6 Å². The van der Waals surface area contributed by atoms with Gasteiger partial charge in [-0.2, -0.15) is 0 Å². The number of nitrogens with zero attached hydrogens (tertiary/aromatic N) is 1. The van der Waals surface area contributed by atoms with E-state index in [0.29, 0.717) is 0 Å². The van der Waals surface area contributed by atoms with Gasteiger partial charge in [-0.05, 0) is 31.2 Å². The van der Waals surface area contributed by atoms with Crippen molar-refractivity contribution in [2.45, 2.75) is 16.7 Å². The molecule has 1 heterocycles. The van der Waals surface area contributed by atoms with Gasteiger partial charge in [0.2, 0.25) is 0 Å². The van der Waals surface area contributed by atoms with Crippen LogP contribution in [0.4, 0.5) is 5.82 Å². The molecule has 3 nitrogen and oxygen atoms in total. The van der Waals surface area contributed by atoms with Crippen molar-refractivity contribution in [3.05, 3.63) is 42.6 Å². The lowest BCUT2D eigenvalue weighted by molar-refractivity contribution is 0.405. The van der Waals surface area contributed by atoms with Gasteiger partial charge in [0, 0.05) is 17.6 Å². The highest BCUT2D eigenvalue weighted by molar-refractivity contribution is 7.99. The Morgan fingerprint density at radius 3 is 2.89 bits per heavy atom. The molecule has 18 heavy (non-hydrogen) atoms. The fourth-order valence-electron chi connectivity index (χ4n) is 1.58. The minimum atomic E-state index is 0.871. The van der Waals surface area contributed by atoms with E-state index in [1.54, 1.807) is 18.9 Å². The molecule has 0 spiro atoms. The first-order valence-corrected chi connectivity index (χ1v) is 6.66. The van der Waals surface area contributed by atoms with Gasteiger partial charge in [0.05, 0.1) is 12.0 Å². The summed E-state index contributed by atoms with van der Waals surface area (Å²) in [5, 5.41) is 3.21. The zero-order chi connectivity index (χ0) is 12.8. The maximum atomic E-state index is 5.34. The Morgan fingerprint density at radius 2 is 2.11 bits per heavy atom. The average Bonchev–Trinajstić information content (AvgIpc) is 2.40. The van der Waals surface area contributed by atoms with Crippen molar-refractivity contribution < 1.29 is 4.74 Å². The van der Waals surface area contributed by atoms with E-state index in [0.717, 1.165) is 27.9 Å². The Labute approximate surface area is 112 Å². The van der Waals surface area contributed by atoms with Crippen molar-refractivity contribution in [2.75, 3.05) is 19.0 Å². The molecule has 0 unspecified atom stereocenters. The van der Waals surface area contributed by atoms with Crippen LogP contribution in [0.25, 0.3) is 0 Å². The third-order valence-corrected chi connectivity index (χ3v) is 3.43. The number of para-hydroxylation sites is 1. The van der Waals surface area contributed by atoms with Crippen molar-refractivity contribution in [1.82, 2.24) is 4.98 Å². The molecule has 0 saturated carbocycles. The van der Waals surface area contributed by atoms with Gasteiger partial charge in [-0.1, -0.05) is 23.9 Å². The van der Waals surface area contributed by atoms with E-state index in [-0.39, 0.29) is 0 Å². The number of anilines is 1. The molecule has 0 bridgehead atoms. The summed E-state index contributed by atoms with van der Waals surface area (Å²) < 4.78 is 5.34. The van der Waals surface area contributed by atoms with Crippen LogP contribution in [0.2, 0.25) is 0 Å². The van der Waals surface area contributed by atoms with Crippen LogP contribution < -0.4 is 10.1 Å². The Bertz CT molecular complexity index is 517. The van der Waals surface area contributed by atoms with E-state index < -0.39 is 0 Å². The van der Waals surface area contributed by atoms with Gasteiger partial charge in [-0.25, -0.2) is 4.98 Å². The van der Waals surface area contributed by atoms with Crippen LogP contribution in [0, 0.1) is 0 Å². The molecule has 0 aliphatic heterocycles. The van der Waals surface area contributed by atoms with Crippen molar-refractivity contribution in [3.63, 3.8) is 0 Å². The minimum Gasteiger partial charge on any atom is -0.496 e. The standard InChI is InChI=1S/C14H16N2OS/c1-3-15-14-10-11(8-9-16-14)18-13-7-5-4-6-12(13)17-2/h4-10H,3H2,1-2H3,(H,15,16). The highest BCUT2D eigenvalue weighted by Crippen LogP contribution is 2.34. The average molecular weight is 260 g/mol. The third-order valence-electron chi connectivity index (χ3n) is 2.39. The zero-order valence-corrected chi connectivity index (χ0v) is 11.3. The predicted molar refractivity (Wildman–Crippen MR) is 75.5 cm³/mol. The Morgan fingerprint density at radius 1 is 1.28 bits per heavy atom. The van der Waals surface area contributed by atoms with E-state index in [1.807, 2.05) is 36.5 Å². The number of benzene rings is 1. The van der Waals surface area contributed by atoms with Gasteiger partial charge in [-0.3, -0.25) is 0 Å². The fraction of sp³-hybridized carbons (Fsp3) is 0.214. The predicted octanol–water partition coefficient (Wildman–Crippen LogP) is 3.67. The SMILES string of the molecule is CCNc1cc(Sc2ccccc2OC)ccn1. The van der Waals surface area contributed by atoms with Crippen LogP contribution in [0.1, 0.15) is 6.92 Å². The summed E-state index contributed by atoms with van der Waals surface area (Å²) in [5.41, 5.74) is 0. The molecular formula is C14H16N2OS. The lowest BCUT2D eigenvalue weighted by Gasteiger charge is -2.08. The Hall–Kier alpha value is -1.68. The zero-order valence-electron chi connectivity index (χ0n) is 10.5. The van der Waals surface area contributed by atoms with E-state index in [9.17, 15) is 0 Å². The van der Waals surface area contributed by atoms with Crippen LogP contribution >= 0.6 is 11.8 Å². The van der Waals surface area contributed by atoms with Crippen molar-refractivity contribution in [1.29, 1.82) is 0 Å². The first kappa shape index (κ1) is 12.8. The van der Waals surface area contributed by atoms with E-state index in [4.69, 9.17) is 4.74 Å². The van der Waals surface area contributed by atoms with Crippen molar-refractivity contribution in [3.8, 4) is 5.75 Å². The molecule has 2 rings (SSSR count). The molecule has 0 amide bonds. The Kier molecular flexibility index (Phi) is 4.47. The van der Waals surface area contributed by atoms with Gasteiger partial charge in [0.15, 0.2) is 0 Å². The maximum Gasteiger partial charge on any atom is 0.132 e. The number of pyridine rings is 1. The third kappa shape index (κ3) is 3.17. The van der Waals surface area contributed by atoms with Gasteiger partial charge < -0.3 is 10.1 Å². The minimum absolute atomic E-state index is 0.871. The van der Waals surface area contributed by atoms with Crippen LogP contribution in [-0.2, 0) is 0 Å². The molecule has 1 aromatic carbocycles. The molecule has 0 saturated heterocycles. The maximum absolute atomic E-state index is 5.34. The first-order valence-electron chi connectivity index (χ1n) is 5.84. The molecule has 1 N–H and O–H groups in total. The molecule has 0 atom stereocenters. The number of hydrogen-bond acceptors (Lipinski definition) is 4. The van der Waals surface area contributed by atoms with Crippen LogP contribution in [0.15, 0.2) is 52.4 Å². The topological polar surface area (TPSA) is 34.1 Å². The van der Waals surface area contributed by atoms with E-state index in [1.165, 1.54) is 0 Å². The molecule has 2 aromatic rings. The number of methoxy groups -OCH3 is 1. The molecule has 0 aliphatic carbocycles. The summed E-state index contributed by atoms with van der Waals surface area (Å²) in [7, 11) is 1.69. The van der Waals surface area contributed by atoms with Crippen molar-refractivity contribution in [2.24, 2.45) is 0 Å². The summed E-state index contributed by atoms with van der Waals surface area (Å²) in [5.74, 6) is 1.79. The van der Waals surface area contributed by atoms with Crippen LogP contribution in [0.3, 0.4) is 0 Å². The number of ether oxygens (including phenoxy) is 1. The second kappa shape index (κ2) is 6.31. The summed E-state index contributed by atoms with van der Waals surface area (Å²) in [6.45, 7) is 2.93. The lowest BCUT2D eigenvalue weighted by atomic mass is 10.3. The molecule has 4 heteroatoms. The number of aromatic nitrogens is 1. The normalized spacial score (nSPS) is 10.1. The highest BCUT2D eigenvalue weighted by Gasteiger charge is 2.04. The van der Waals surface area contributed by atoms with Gasteiger partial charge in [-0.15, -0.1) is 0 Å². The monoisotopic (exact) mass is 260 g/mol. The lowest BCUT2D eigenvalue weighted by Crippen LogP contribution is -1.98. The van der Waals surface area contributed by atoms with E-state index in [2.05, 4.69) is 23.3 Å². The molecule has 94 valence electrons. The summed E-state index contributed by atoms with van der Waals surface area (Å²) in [6, 6.07) is 12.0. The van der Waals surface area contributed by atoms with Gasteiger partial charge in [0.25, 0.3) is 0 Å². The summed E-state index contributed by atoms with van der Waals surface area (Å²) >= 11 is 1.67. The fourth-order valence-corrected chi connectivity index (χ4v) is 2.53. The molecule has 0 fully saturated rings. The summed E-state index contributed by atoms with van der Waals surface area (Å²) in [4.78, 5) is 6.51. The molecule has 0 radical (unpaired) electrons. The number of nitrogens with one attached hydrogen (secondary N) is 1. The number of hydrogen-bond donors (Lipinski definition) is 1. The molecule has 1 aromatic heterocycles. The quantitative estimate of drug-likeness (QED) is 0.889. The Balaban J connectivity index is 2.20. The van der Waals surface area contributed by atoms with Gasteiger partial charge in [0.1, 0.15) is 11.6 Å².